The fraction of sp³-hybridized carbons (Fsp3) is 0.294. The Morgan fingerprint density at radius 2 is 1.76 bits per heavy atom. The van der Waals surface area contributed by atoms with Crippen LogP contribution < -0.4 is 5.32 Å². The number of aromatic carboxylic acids is 1. The minimum absolute atomic E-state index is 0.236. The summed E-state index contributed by atoms with van der Waals surface area (Å²) >= 11 is 0. The van der Waals surface area contributed by atoms with Crippen molar-refractivity contribution in [3.8, 4) is 0 Å². The second-order valence-electron chi connectivity index (χ2n) is 4.92. The lowest BCUT2D eigenvalue weighted by molar-refractivity contribution is 0.0695. The molecule has 4 nitrogen and oxygen atoms in total. The van der Waals surface area contributed by atoms with Crippen molar-refractivity contribution in [2.75, 3.05) is 5.32 Å². The number of hydrogen-bond acceptors (Lipinski definition) is 3. The Bertz CT molecular complexity index is 644. The Morgan fingerprint density at radius 3 is 2.24 bits per heavy atom. The number of carbonyl (C=O) groups is 1. The van der Waals surface area contributed by atoms with Crippen molar-refractivity contribution < 1.29 is 9.90 Å². The number of carboxylic acid groups (broad SMARTS) is 1. The maximum Gasteiger partial charge on any atom is 0.337 e. The van der Waals surface area contributed by atoms with Gasteiger partial charge in [0.25, 0.3) is 0 Å². The number of anilines is 2. The molecule has 4 heteroatoms. The van der Waals surface area contributed by atoms with Gasteiger partial charge in [0, 0.05) is 5.69 Å². The standard InChI is InChI=1S/C17H20N2O2/c1-4-12-7-6-8-13(5-2)16(12)19-15-10-9-14(17(20)21)11(3)18-15/h6-10H,4-5H2,1-3H3,(H,18,19)(H,20,21). The molecule has 0 spiro atoms. The molecule has 2 aromatic rings. The lowest BCUT2D eigenvalue weighted by Gasteiger charge is -2.15. The number of benzene rings is 1. The van der Waals surface area contributed by atoms with E-state index < -0.39 is 5.97 Å². The summed E-state index contributed by atoms with van der Waals surface area (Å²) < 4.78 is 0. The van der Waals surface area contributed by atoms with E-state index in [4.69, 9.17) is 5.11 Å². The first-order chi connectivity index (χ1) is 10.1. The molecule has 0 amide bonds. The molecule has 0 aliphatic rings. The quantitative estimate of drug-likeness (QED) is 0.872. The summed E-state index contributed by atoms with van der Waals surface area (Å²) in [5.74, 6) is -0.275. The molecular weight excluding hydrogens is 264 g/mol. The monoisotopic (exact) mass is 284 g/mol. The van der Waals surface area contributed by atoms with Gasteiger partial charge in [-0.3, -0.25) is 0 Å². The Balaban J connectivity index is 2.38. The Hall–Kier alpha value is -2.36. The van der Waals surface area contributed by atoms with Gasteiger partial charge in [0.05, 0.1) is 11.3 Å². The largest absolute Gasteiger partial charge is 0.478 e. The third-order valence-corrected chi connectivity index (χ3v) is 3.57. The third-order valence-electron chi connectivity index (χ3n) is 3.57. The van der Waals surface area contributed by atoms with Crippen molar-refractivity contribution in [2.45, 2.75) is 33.6 Å². The van der Waals surface area contributed by atoms with Crippen LogP contribution in [0.5, 0.6) is 0 Å². The highest BCUT2D eigenvalue weighted by atomic mass is 16.4. The molecule has 110 valence electrons. The van der Waals surface area contributed by atoms with Crippen molar-refractivity contribution >= 4 is 17.5 Å². The number of carboxylic acids is 1. The molecule has 2 N–H and O–H groups in total. The van der Waals surface area contributed by atoms with E-state index in [0.717, 1.165) is 18.5 Å². The Labute approximate surface area is 124 Å². The van der Waals surface area contributed by atoms with Gasteiger partial charge in [0.15, 0.2) is 0 Å². The first-order valence-corrected chi connectivity index (χ1v) is 7.15. The van der Waals surface area contributed by atoms with E-state index in [1.165, 1.54) is 11.1 Å². The van der Waals surface area contributed by atoms with Crippen LogP contribution in [0.4, 0.5) is 11.5 Å². The van der Waals surface area contributed by atoms with Gasteiger partial charge < -0.3 is 10.4 Å². The smallest absolute Gasteiger partial charge is 0.337 e. The molecule has 0 aliphatic carbocycles. The molecule has 0 bridgehead atoms. The number of rotatable bonds is 5. The summed E-state index contributed by atoms with van der Waals surface area (Å²) in [5, 5.41) is 12.4. The number of aryl methyl sites for hydroxylation is 3. The van der Waals surface area contributed by atoms with Crippen LogP contribution in [0.2, 0.25) is 0 Å². The summed E-state index contributed by atoms with van der Waals surface area (Å²) in [7, 11) is 0. The topological polar surface area (TPSA) is 62.2 Å². The lowest BCUT2D eigenvalue weighted by Crippen LogP contribution is -2.05. The maximum atomic E-state index is 11.0. The van der Waals surface area contributed by atoms with Crippen molar-refractivity contribution in [3.05, 3.63) is 52.7 Å². The Kier molecular flexibility index (Phi) is 4.58. The van der Waals surface area contributed by atoms with Crippen LogP contribution in [0, 0.1) is 6.92 Å². The summed E-state index contributed by atoms with van der Waals surface area (Å²) in [6.45, 7) is 5.94. The van der Waals surface area contributed by atoms with E-state index in [-0.39, 0.29) is 5.56 Å². The Morgan fingerprint density at radius 1 is 1.14 bits per heavy atom. The number of hydrogen-bond donors (Lipinski definition) is 2. The van der Waals surface area contributed by atoms with Gasteiger partial charge in [-0.1, -0.05) is 32.0 Å². The predicted molar refractivity (Wildman–Crippen MR) is 84.4 cm³/mol. The number of para-hydroxylation sites is 1. The zero-order valence-electron chi connectivity index (χ0n) is 12.6. The van der Waals surface area contributed by atoms with E-state index in [1.54, 1.807) is 19.1 Å². The molecule has 0 aliphatic heterocycles. The fourth-order valence-electron chi connectivity index (χ4n) is 2.39. The van der Waals surface area contributed by atoms with Crippen molar-refractivity contribution in [1.82, 2.24) is 4.98 Å². The SMILES string of the molecule is CCc1cccc(CC)c1Nc1ccc(C(=O)O)c(C)n1. The molecular formula is C17H20N2O2. The molecule has 1 aromatic heterocycles. The number of nitrogens with zero attached hydrogens (tertiary/aromatic N) is 1. The van der Waals surface area contributed by atoms with Crippen molar-refractivity contribution in [3.63, 3.8) is 0 Å². The van der Waals surface area contributed by atoms with E-state index in [0.29, 0.717) is 11.5 Å². The zero-order valence-corrected chi connectivity index (χ0v) is 12.6. The maximum absolute atomic E-state index is 11.0. The van der Waals surface area contributed by atoms with Gasteiger partial charge in [0.1, 0.15) is 5.82 Å². The molecule has 0 atom stereocenters. The molecule has 0 saturated carbocycles. The molecule has 21 heavy (non-hydrogen) atoms. The van der Waals surface area contributed by atoms with Crippen LogP contribution in [0.1, 0.15) is 41.0 Å². The van der Waals surface area contributed by atoms with E-state index in [9.17, 15) is 4.79 Å². The van der Waals surface area contributed by atoms with Crippen molar-refractivity contribution in [1.29, 1.82) is 0 Å². The van der Waals surface area contributed by atoms with Gasteiger partial charge in [-0.25, -0.2) is 9.78 Å². The first kappa shape index (κ1) is 15.0. The predicted octanol–water partition coefficient (Wildman–Crippen LogP) is 3.96. The first-order valence-electron chi connectivity index (χ1n) is 7.15. The van der Waals surface area contributed by atoms with Crippen molar-refractivity contribution in [2.24, 2.45) is 0 Å². The normalized spacial score (nSPS) is 10.4. The van der Waals surface area contributed by atoms with Gasteiger partial charge in [-0.15, -0.1) is 0 Å². The summed E-state index contributed by atoms with van der Waals surface area (Å²) in [5.41, 5.74) is 4.30. The van der Waals surface area contributed by atoms with Crippen LogP contribution in [0.15, 0.2) is 30.3 Å². The van der Waals surface area contributed by atoms with Crippen LogP contribution in [-0.4, -0.2) is 16.1 Å². The van der Waals surface area contributed by atoms with Gasteiger partial charge >= 0.3 is 5.97 Å². The second-order valence-corrected chi connectivity index (χ2v) is 4.92. The molecule has 0 radical (unpaired) electrons. The van der Waals surface area contributed by atoms with Crippen LogP contribution in [0.25, 0.3) is 0 Å². The zero-order chi connectivity index (χ0) is 15.4. The highest BCUT2D eigenvalue weighted by Crippen LogP contribution is 2.26. The minimum Gasteiger partial charge on any atom is -0.478 e. The van der Waals surface area contributed by atoms with Crippen LogP contribution in [0.3, 0.4) is 0 Å². The average molecular weight is 284 g/mol. The molecule has 0 fully saturated rings. The molecule has 2 rings (SSSR count). The summed E-state index contributed by atoms with van der Waals surface area (Å²) in [6, 6.07) is 9.56. The fourth-order valence-corrected chi connectivity index (χ4v) is 2.39. The lowest BCUT2D eigenvalue weighted by atomic mass is 10.0. The minimum atomic E-state index is -0.949. The molecule has 0 saturated heterocycles. The highest BCUT2D eigenvalue weighted by Gasteiger charge is 2.11. The number of nitrogens with one attached hydrogen (secondary N) is 1. The summed E-state index contributed by atoms with van der Waals surface area (Å²) in [4.78, 5) is 15.4. The van der Waals surface area contributed by atoms with Gasteiger partial charge in [-0.05, 0) is 43.0 Å². The van der Waals surface area contributed by atoms with Gasteiger partial charge in [0.2, 0.25) is 0 Å². The third kappa shape index (κ3) is 3.21. The average Bonchev–Trinajstić information content (AvgIpc) is 2.47. The van der Waals surface area contributed by atoms with E-state index >= 15 is 0 Å². The van der Waals surface area contributed by atoms with Gasteiger partial charge in [-0.2, -0.15) is 0 Å². The molecule has 1 aromatic carbocycles. The van der Waals surface area contributed by atoms with E-state index in [1.807, 2.05) is 0 Å². The molecule has 0 unspecified atom stereocenters. The highest BCUT2D eigenvalue weighted by molar-refractivity contribution is 5.89. The number of aromatic nitrogens is 1. The van der Waals surface area contributed by atoms with E-state index in [2.05, 4.69) is 42.3 Å². The number of pyridine rings is 1. The molecule has 1 heterocycles. The van der Waals surface area contributed by atoms with Crippen LogP contribution >= 0.6 is 0 Å². The van der Waals surface area contributed by atoms with Crippen LogP contribution in [-0.2, 0) is 12.8 Å². The second kappa shape index (κ2) is 6.39. The summed E-state index contributed by atoms with van der Waals surface area (Å²) in [6.07, 6.45) is 1.87.